The van der Waals surface area contributed by atoms with E-state index < -0.39 is 0 Å². The summed E-state index contributed by atoms with van der Waals surface area (Å²) in [7, 11) is 0. The van der Waals surface area contributed by atoms with Crippen molar-refractivity contribution in [3.63, 3.8) is 0 Å². The molecule has 2 aromatic heterocycles. The second-order valence-corrected chi connectivity index (χ2v) is 8.68. The summed E-state index contributed by atoms with van der Waals surface area (Å²) in [6.45, 7) is 2.92. The molecule has 160 valence electrons. The van der Waals surface area contributed by atoms with Crippen molar-refractivity contribution in [2.75, 3.05) is 6.54 Å². The van der Waals surface area contributed by atoms with E-state index in [1.807, 2.05) is 4.90 Å². The van der Waals surface area contributed by atoms with Crippen molar-refractivity contribution in [2.45, 2.75) is 38.6 Å². The summed E-state index contributed by atoms with van der Waals surface area (Å²) < 4.78 is 0. The lowest BCUT2D eigenvalue weighted by Crippen LogP contribution is -2.48. The predicted molar refractivity (Wildman–Crippen MR) is 121 cm³/mol. The van der Waals surface area contributed by atoms with Gasteiger partial charge in [0.1, 0.15) is 5.82 Å². The minimum atomic E-state index is -0.0207. The lowest BCUT2D eigenvalue weighted by molar-refractivity contribution is 0.0499. The Morgan fingerprint density at radius 1 is 1.10 bits per heavy atom. The number of rotatable bonds is 5. The fourth-order valence-electron chi connectivity index (χ4n) is 4.17. The molecule has 1 aliphatic heterocycles. The molecule has 0 spiro atoms. The van der Waals surface area contributed by atoms with E-state index >= 15 is 0 Å². The van der Waals surface area contributed by atoms with Gasteiger partial charge in [0.05, 0.1) is 10.6 Å². The largest absolute Gasteiger partial charge is 0.335 e. The Labute approximate surface area is 191 Å². The van der Waals surface area contributed by atoms with Gasteiger partial charge in [-0.05, 0) is 49.4 Å². The van der Waals surface area contributed by atoms with Crippen LogP contribution in [0.5, 0.6) is 0 Å². The van der Waals surface area contributed by atoms with Crippen LogP contribution in [0.1, 0.15) is 42.4 Å². The fraction of sp³-hybridized carbons (Fsp3) is 0.348. The SMILES string of the molecule is C[C@@H]1CCCN(C(=O)c2ccc(Cl)cc2-c2ncccn2)[C@@H]1CCc1ncc(Cl)cn1. The molecule has 1 saturated heterocycles. The number of carbonyl (C=O) groups excluding carboxylic acids is 1. The first-order valence-electron chi connectivity index (χ1n) is 10.4. The first kappa shape index (κ1) is 21.7. The van der Waals surface area contributed by atoms with Crippen molar-refractivity contribution in [1.29, 1.82) is 0 Å². The highest BCUT2D eigenvalue weighted by atomic mass is 35.5. The van der Waals surface area contributed by atoms with Gasteiger partial charge in [0, 0.05) is 54.4 Å². The highest BCUT2D eigenvalue weighted by Gasteiger charge is 2.33. The van der Waals surface area contributed by atoms with Gasteiger partial charge in [-0.25, -0.2) is 19.9 Å². The van der Waals surface area contributed by atoms with Crippen LogP contribution < -0.4 is 0 Å². The molecule has 4 rings (SSSR count). The first-order valence-corrected chi connectivity index (χ1v) is 11.1. The molecule has 1 aromatic carbocycles. The van der Waals surface area contributed by atoms with E-state index in [2.05, 4.69) is 26.9 Å². The van der Waals surface area contributed by atoms with Crippen LogP contribution in [0.4, 0.5) is 0 Å². The van der Waals surface area contributed by atoms with E-state index in [0.717, 1.165) is 25.1 Å². The van der Waals surface area contributed by atoms with Crippen LogP contribution in [0, 0.1) is 5.92 Å². The minimum Gasteiger partial charge on any atom is -0.335 e. The van der Waals surface area contributed by atoms with Crippen LogP contribution in [-0.4, -0.2) is 43.3 Å². The summed E-state index contributed by atoms with van der Waals surface area (Å²) in [5.41, 5.74) is 1.22. The second-order valence-electron chi connectivity index (χ2n) is 7.80. The summed E-state index contributed by atoms with van der Waals surface area (Å²) in [4.78, 5) is 32.9. The molecule has 8 heteroatoms. The molecule has 1 amide bonds. The van der Waals surface area contributed by atoms with Crippen LogP contribution in [0.2, 0.25) is 10.0 Å². The van der Waals surface area contributed by atoms with Crippen molar-refractivity contribution >= 4 is 29.1 Å². The number of halogens is 2. The molecule has 6 nitrogen and oxygen atoms in total. The molecule has 0 N–H and O–H groups in total. The molecule has 2 atom stereocenters. The van der Waals surface area contributed by atoms with E-state index in [4.69, 9.17) is 23.2 Å². The van der Waals surface area contributed by atoms with E-state index in [1.54, 1.807) is 49.1 Å². The van der Waals surface area contributed by atoms with Crippen molar-refractivity contribution < 1.29 is 4.79 Å². The van der Waals surface area contributed by atoms with Gasteiger partial charge in [-0.1, -0.05) is 30.1 Å². The molecule has 0 saturated carbocycles. The minimum absolute atomic E-state index is 0.0207. The van der Waals surface area contributed by atoms with Gasteiger partial charge in [0.25, 0.3) is 5.91 Å². The van der Waals surface area contributed by atoms with E-state index in [1.165, 1.54) is 0 Å². The molecular formula is C23H23Cl2N5O. The maximum Gasteiger partial charge on any atom is 0.254 e. The summed E-state index contributed by atoms with van der Waals surface area (Å²) in [5.74, 6) is 1.59. The lowest BCUT2D eigenvalue weighted by Gasteiger charge is -2.40. The van der Waals surface area contributed by atoms with Gasteiger partial charge in [-0.15, -0.1) is 0 Å². The third-order valence-corrected chi connectivity index (χ3v) is 6.16. The van der Waals surface area contributed by atoms with Gasteiger partial charge in [-0.3, -0.25) is 4.79 Å². The molecule has 3 aromatic rings. The lowest BCUT2D eigenvalue weighted by atomic mass is 9.87. The molecule has 0 aliphatic carbocycles. The van der Waals surface area contributed by atoms with E-state index in [-0.39, 0.29) is 11.9 Å². The summed E-state index contributed by atoms with van der Waals surface area (Å²) in [6, 6.07) is 7.12. The number of aryl methyl sites for hydroxylation is 1. The Hall–Kier alpha value is -2.57. The maximum atomic E-state index is 13.7. The standard InChI is InChI=1S/C23H23Cl2N5O/c1-15-4-2-11-30(20(15)7-8-21-28-13-17(25)14-29-21)23(31)18-6-5-16(24)12-19(18)22-26-9-3-10-27-22/h3,5-6,9-10,12-15,20H,2,4,7-8,11H2,1H3/t15-,20-/m1/s1. The monoisotopic (exact) mass is 455 g/mol. The number of aromatic nitrogens is 4. The highest BCUT2D eigenvalue weighted by Crippen LogP contribution is 2.31. The van der Waals surface area contributed by atoms with Crippen molar-refractivity contribution in [3.8, 4) is 11.4 Å². The number of hydrogen-bond acceptors (Lipinski definition) is 5. The third-order valence-electron chi connectivity index (χ3n) is 5.73. The quantitative estimate of drug-likeness (QED) is 0.533. The highest BCUT2D eigenvalue weighted by molar-refractivity contribution is 6.31. The Bertz CT molecular complexity index is 1050. The van der Waals surface area contributed by atoms with E-state index in [0.29, 0.717) is 45.9 Å². The van der Waals surface area contributed by atoms with Crippen molar-refractivity contribution in [2.24, 2.45) is 5.92 Å². The molecule has 1 aliphatic rings. The maximum absolute atomic E-state index is 13.7. The molecule has 1 fully saturated rings. The smallest absolute Gasteiger partial charge is 0.254 e. The first-order chi connectivity index (χ1) is 15.0. The molecule has 3 heterocycles. The van der Waals surface area contributed by atoms with Crippen LogP contribution >= 0.6 is 23.2 Å². The van der Waals surface area contributed by atoms with Gasteiger partial charge in [0.2, 0.25) is 0 Å². The average Bonchev–Trinajstić information content (AvgIpc) is 2.79. The summed E-state index contributed by atoms with van der Waals surface area (Å²) in [6.07, 6.45) is 10.1. The third kappa shape index (κ3) is 5.02. The van der Waals surface area contributed by atoms with E-state index in [9.17, 15) is 4.79 Å². The molecule has 0 unspecified atom stereocenters. The zero-order valence-corrected chi connectivity index (χ0v) is 18.7. The van der Waals surface area contributed by atoms with Crippen molar-refractivity contribution in [3.05, 3.63) is 70.5 Å². The normalized spacial score (nSPS) is 18.7. The predicted octanol–water partition coefficient (Wildman–Crippen LogP) is 5.11. The topological polar surface area (TPSA) is 71.9 Å². The molecule has 31 heavy (non-hydrogen) atoms. The number of nitrogens with zero attached hydrogens (tertiary/aromatic N) is 5. The fourth-order valence-corrected chi connectivity index (χ4v) is 4.44. The zero-order chi connectivity index (χ0) is 21.8. The number of carbonyl (C=O) groups is 1. The number of piperidine rings is 1. The Balaban J connectivity index is 1.61. The van der Waals surface area contributed by atoms with Gasteiger partial charge in [0.15, 0.2) is 5.82 Å². The van der Waals surface area contributed by atoms with Crippen molar-refractivity contribution in [1.82, 2.24) is 24.8 Å². The number of amides is 1. The number of likely N-dealkylation sites (tertiary alicyclic amines) is 1. The Kier molecular flexibility index (Phi) is 6.78. The summed E-state index contributed by atoms with van der Waals surface area (Å²) in [5, 5.41) is 1.06. The molecule has 0 bridgehead atoms. The Morgan fingerprint density at radius 2 is 1.84 bits per heavy atom. The van der Waals surface area contributed by atoms with Crippen LogP contribution in [0.3, 0.4) is 0 Å². The van der Waals surface area contributed by atoms with Crippen LogP contribution in [0.15, 0.2) is 49.1 Å². The number of benzene rings is 1. The Morgan fingerprint density at radius 3 is 2.58 bits per heavy atom. The average molecular weight is 456 g/mol. The molecular weight excluding hydrogens is 433 g/mol. The zero-order valence-electron chi connectivity index (χ0n) is 17.2. The van der Waals surface area contributed by atoms with Crippen LogP contribution in [0.25, 0.3) is 11.4 Å². The number of hydrogen-bond donors (Lipinski definition) is 0. The van der Waals surface area contributed by atoms with Crippen LogP contribution in [-0.2, 0) is 6.42 Å². The summed E-state index contributed by atoms with van der Waals surface area (Å²) >= 11 is 12.1. The molecule has 0 radical (unpaired) electrons. The second kappa shape index (κ2) is 9.71. The van der Waals surface area contributed by atoms with Gasteiger partial charge >= 0.3 is 0 Å². The van der Waals surface area contributed by atoms with Gasteiger partial charge in [-0.2, -0.15) is 0 Å². The van der Waals surface area contributed by atoms with Gasteiger partial charge < -0.3 is 4.90 Å².